The van der Waals surface area contributed by atoms with Crippen LogP contribution in [0.5, 0.6) is 0 Å². The zero-order valence-corrected chi connectivity index (χ0v) is 31.9. The van der Waals surface area contributed by atoms with Crippen molar-refractivity contribution in [3.05, 3.63) is 93.7 Å². The molecule has 0 aliphatic carbocycles. The van der Waals surface area contributed by atoms with E-state index in [2.05, 4.69) is 70.2 Å². The first-order valence-electron chi connectivity index (χ1n) is 15.6. The molecule has 46 heavy (non-hydrogen) atoms. The van der Waals surface area contributed by atoms with Crippen LogP contribution in [0.2, 0.25) is 0 Å². The second-order valence-corrected chi connectivity index (χ2v) is 14.7. The minimum atomic E-state index is -0.443. The third kappa shape index (κ3) is 10.1. The van der Waals surface area contributed by atoms with Crippen LogP contribution >= 0.6 is 0 Å². The fourth-order valence-electron chi connectivity index (χ4n) is 5.39. The van der Waals surface area contributed by atoms with Gasteiger partial charge in [0.05, 0.1) is 35.2 Å². The van der Waals surface area contributed by atoms with Gasteiger partial charge in [-0.2, -0.15) is 5.26 Å². The van der Waals surface area contributed by atoms with Gasteiger partial charge < -0.3 is 15.2 Å². The fourth-order valence-corrected chi connectivity index (χ4v) is 5.39. The third-order valence-electron chi connectivity index (χ3n) is 8.03. The van der Waals surface area contributed by atoms with Crippen molar-refractivity contribution in [2.45, 2.75) is 102 Å². The van der Waals surface area contributed by atoms with Gasteiger partial charge in [-0.05, 0) is 67.3 Å². The zero-order chi connectivity index (χ0) is 33.9. The Hall–Kier alpha value is -3.20. The fraction of sp³-hybridized carbons (Fsp3) is 0.425. The molecule has 0 spiro atoms. The summed E-state index contributed by atoms with van der Waals surface area (Å²) in [6, 6.07) is 20.2. The zero-order valence-electron chi connectivity index (χ0n) is 29.6. The number of aromatic nitrogens is 2. The number of benzene rings is 3. The Morgan fingerprint density at radius 1 is 0.739 bits per heavy atom. The van der Waals surface area contributed by atoms with E-state index in [0.29, 0.717) is 12.0 Å². The Bertz CT molecular complexity index is 1630. The molecule has 3 aromatic carbocycles. The van der Waals surface area contributed by atoms with Crippen LogP contribution in [0.3, 0.4) is 0 Å². The van der Waals surface area contributed by atoms with Crippen LogP contribution in [0.4, 0.5) is 0 Å². The predicted molar refractivity (Wildman–Crippen MR) is 186 cm³/mol. The maximum absolute atomic E-state index is 9.76. The first-order valence-corrected chi connectivity index (χ1v) is 15.6. The van der Waals surface area contributed by atoms with Crippen LogP contribution in [0.25, 0.3) is 33.8 Å². The molecule has 0 saturated heterocycles. The van der Waals surface area contributed by atoms with Crippen molar-refractivity contribution in [1.82, 2.24) is 9.97 Å². The molecule has 5 nitrogen and oxygen atoms in total. The molecule has 247 valence electrons. The summed E-state index contributed by atoms with van der Waals surface area (Å²) in [5.74, 6) is 0. The molecule has 2 unspecified atom stereocenters. The number of rotatable bonds is 5. The first-order chi connectivity index (χ1) is 20.8. The minimum absolute atomic E-state index is 0. The van der Waals surface area contributed by atoms with Gasteiger partial charge in [-0.25, -0.2) is 0 Å². The summed E-state index contributed by atoms with van der Waals surface area (Å²) in [6.45, 7) is 24.3. The summed E-state index contributed by atoms with van der Waals surface area (Å²) in [5, 5.41) is 28.8. The van der Waals surface area contributed by atoms with Gasteiger partial charge in [0.2, 0.25) is 0 Å². The van der Waals surface area contributed by atoms with Crippen LogP contribution < -0.4 is 0 Å². The number of nitrogens with zero attached hydrogens (tertiary/aromatic N) is 3. The molecule has 1 heterocycles. The van der Waals surface area contributed by atoms with Crippen molar-refractivity contribution in [1.29, 1.82) is 5.26 Å². The number of hydrogen-bond acceptors (Lipinski definition) is 5. The van der Waals surface area contributed by atoms with Crippen LogP contribution in [-0.4, -0.2) is 32.4 Å². The first kappa shape index (κ1) is 39.0. The van der Waals surface area contributed by atoms with E-state index in [4.69, 9.17) is 9.97 Å². The van der Waals surface area contributed by atoms with Crippen LogP contribution in [0, 0.1) is 69.8 Å². The predicted octanol–water partition coefficient (Wildman–Crippen LogP) is 9.19. The SMILES string of the molecule is CC(C)(C)C(O)CC(O)C(C)(C)C.Cc1[c-]c(-c2ncc(-c3c(C)cc(C#N)cc3C)nc2-c2cc(C)cc(C)c2)cc(C)c1.[Ir]. The van der Waals surface area contributed by atoms with E-state index in [-0.39, 0.29) is 30.9 Å². The average molecular weight is 797 g/mol. The van der Waals surface area contributed by atoms with E-state index in [0.717, 1.165) is 50.5 Å². The molecule has 0 amide bonds. The third-order valence-corrected chi connectivity index (χ3v) is 8.03. The Balaban J connectivity index is 0.000000449. The molecule has 0 fully saturated rings. The van der Waals surface area contributed by atoms with Gasteiger partial charge in [-0.3, -0.25) is 4.98 Å². The van der Waals surface area contributed by atoms with Crippen LogP contribution in [0.1, 0.15) is 86.9 Å². The van der Waals surface area contributed by atoms with Gasteiger partial charge >= 0.3 is 0 Å². The van der Waals surface area contributed by atoms with E-state index in [9.17, 15) is 15.5 Å². The van der Waals surface area contributed by atoms with Gasteiger partial charge in [0.15, 0.2) is 0 Å². The van der Waals surface area contributed by atoms with Crippen molar-refractivity contribution in [2.24, 2.45) is 10.8 Å². The molecule has 0 saturated carbocycles. The molecule has 2 N–H and O–H groups in total. The normalized spacial score (nSPS) is 12.7. The summed E-state index contributed by atoms with van der Waals surface area (Å²) in [6.07, 6.45) is 1.41. The standard InChI is InChI=1S/C29H26N3.C11H24O2.Ir/c1-17-7-18(2)10-24(9-17)28-29(25-11-19(3)8-20(4)12-25)32-26(16-31-28)27-21(5)13-23(15-30)14-22(27)6;1-10(2,3)8(12)7-9(13)11(4,5)6;/h7-9,11-14,16H,1-6H3;8-9,12-13H,7H2,1-6H3;/q-1;;. The smallest absolute Gasteiger partial charge is 0.0991 e. The summed E-state index contributed by atoms with van der Waals surface area (Å²) in [7, 11) is 0. The molecular formula is C40H50IrN3O2-. The topological polar surface area (TPSA) is 90.0 Å². The van der Waals surface area contributed by atoms with Crippen molar-refractivity contribution >= 4 is 0 Å². The van der Waals surface area contributed by atoms with E-state index < -0.39 is 12.2 Å². The number of aliphatic hydroxyl groups is 2. The Kier molecular flexibility index (Phi) is 13.2. The molecule has 4 aromatic rings. The van der Waals surface area contributed by atoms with Crippen LogP contribution in [-0.2, 0) is 20.1 Å². The summed E-state index contributed by atoms with van der Waals surface area (Å²) < 4.78 is 0. The summed E-state index contributed by atoms with van der Waals surface area (Å²) in [4.78, 5) is 10.1. The van der Waals surface area contributed by atoms with Crippen molar-refractivity contribution in [3.8, 4) is 39.8 Å². The van der Waals surface area contributed by atoms with Gasteiger partial charge in [0, 0.05) is 44.0 Å². The molecule has 6 heteroatoms. The van der Waals surface area contributed by atoms with E-state index in [1.165, 1.54) is 16.7 Å². The van der Waals surface area contributed by atoms with Crippen molar-refractivity contribution in [3.63, 3.8) is 0 Å². The van der Waals surface area contributed by atoms with E-state index >= 15 is 0 Å². The molecule has 1 aromatic heterocycles. The maximum Gasteiger partial charge on any atom is 0.0991 e. The summed E-state index contributed by atoms with van der Waals surface area (Å²) >= 11 is 0. The van der Waals surface area contributed by atoms with Crippen molar-refractivity contribution < 1.29 is 30.3 Å². The van der Waals surface area contributed by atoms with E-state index in [1.807, 2.05) is 73.7 Å². The number of hydrogen-bond donors (Lipinski definition) is 2. The quantitative estimate of drug-likeness (QED) is 0.197. The summed E-state index contributed by atoms with van der Waals surface area (Å²) in [5.41, 5.74) is 12.5. The van der Waals surface area contributed by atoms with Crippen molar-refractivity contribution in [2.75, 3.05) is 0 Å². The molecule has 1 radical (unpaired) electrons. The Labute approximate surface area is 290 Å². The van der Waals surface area contributed by atoms with E-state index in [1.54, 1.807) is 0 Å². The molecule has 0 aliphatic heterocycles. The molecule has 0 bridgehead atoms. The second-order valence-electron chi connectivity index (χ2n) is 14.7. The van der Waals surface area contributed by atoms with Gasteiger partial charge in [0.25, 0.3) is 0 Å². The van der Waals surface area contributed by atoms with Gasteiger partial charge in [0.1, 0.15) is 0 Å². The number of aliphatic hydroxyl groups excluding tert-OH is 2. The molecule has 0 aliphatic rings. The average Bonchev–Trinajstić information content (AvgIpc) is 2.90. The Morgan fingerprint density at radius 3 is 1.70 bits per heavy atom. The monoisotopic (exact) mass is 797 g/mol. The molecule has 4 rings (SSSR count). The molecular weight excluding hydrogens is 747 g/mol. The second kappa shape index (κ2) is 15.6. The minimum Gasteiger partial charge on any atom is -0.392 e. The Morgan fingerprint density at radius 2 is 1.24 bits per heavy atom. The van der Waals surface area contributed by atoms with Gasteiger partial charge in [-0.15, -0.1) is 34.9 Å². The maximum atomic E-state index is 9.76. The largest absolute Gasteiger partial charge is 0.392 e. The van der Waals surface area contributed by atoms with Gasteiger partial charge in [-0.1, -0.05) is 84.7 Å². The number of aryl methyl sites for hydroxylation is 6. The van der Waals surface area contributed by atoms with Crippen LogP contribution in [0.15, 0.2) is 48.7 Å². The molecule has 2 atom stereocenters. The number of nitriles is 1.